The summed E-state index contributed by atoms with van der Waals surface area (Å²) in [4.78, 5) is 4.46. The topological polar surface area (TPSA) is 47.7 Å². The van der Waals surface area contributed by atoms with Crippen molar-refractivity contribution in [2.24, 2.45) is 0 Å². The smallest absolute Gasteiger partial charge is 0.161 e. The highest BCUT2D eigenvalue weighted by Gasteiger charge is 2.49. The SMILES string of the molecule is Cl.Cl.Fc1ccc(F)c(C2(n3ccnc3-c3cc4n(n3)CCNC4)CC2)c1. The van der Waals surface area contributed by atoms with Gasteiger partial charge in [0.15, 0.2) is 5.82 Å². The fraction of sp³-hybridized carbons (Fsp3) is 0.333. The van der Waals surface area contributed by atoms with Crippen LogP contribution in [0, 0.1) is 11.6 Å². The lowest BCUT2D eigenvalue weighted by molar-refractivity contribution is 0.475. The van der Waals surface area contributed by atoms with Gasteiger partial charge < -0.3 is 9.88 Å². The molecule has 5 rings (SSSR count). The predicted molar refractivity (Wildman–Crippen MR) is 102 cm³/mol. The summed E-state index contributed by atoms with van der Waals surface area (Å²) in [7, 11) is 0. The zero-order valence-corrected chi connectivity index (χ0v) is 16.0. The van der Waals surface area contributed by atoms with Crippen LogP contribution in [0.15, 0.2) is 36.7 Å². The molecule has 2 aromatic heterocycles. The Labute approximate surface area is 167 Å². The molecule has 0 saturated heterocycles. The lowest BCUT2D eigenvalue weighted by atomic mass is 10.0. The highest BCUT2D eigenvalue weighted by molar-refractivity contribution is 5.85. The minimum atomic E-state index is -0.569. The van der Waals surface area contributed by atoms with Crippen molar-refractivity contribution < 1.29 is 8.78 Å². The molecule has 144 valence electrons. The number of rotatable bonds is 3. The number of nitrogens with one attached hydrogen (secondary N) is 1. The highest BCUT2D eigenvalue weighted by atomic mass is 35.5. The predicted octanol–water partition coefficient (Wildman–Crippen LogP) is 3.51. The average Bonchev–Trinajstić information content (AvgIpc) is 3.07. The molecular weight excluding hydrogens is 395 g/mol. The molecular formula is C18H19Cl2F2N5. The van der Waals surface area contributed by atoms with E-state index in [1.165, 1.54) is 12.1 Å². The molecule has 5 nitrogen and oxygen atoms in total. The van der Waals surface area contributed by atoms with Gasteiger partial charge in [0.2, 0.25) is 0 Å². The maximum atomic E-state index is 14.4. The van der Waals surface area contributed by atoms with E-state index in [1.807, 2.05) is 21.5 Å². The van der Waals surface area contributed by atoms with E-state index in [1.54, 1.807) is 6.20 Å². The summed E-state index contributed by atoms with van der Waals surface area (Å²) in [6, 6.07) is 5.67. The fourth-order valence-electron chi connectivity index (χ4n) is 3.75. The van der Waals surface area contributed by atoms with Gasteiger partial charge in [-0.25, -0.2) is 13.8 Å². The molecule has 1 aliphatic heterocycles. The third-order valence-corrected chi connectivity index (χ3v) is 5.15. The molecule has 1 N–H and O–H groups in total. The van der Waals surface area contributed by atoms with E-state index in [0.717, 1.165) is 49.9 Å². The normalized spacial score (nSPS) is 16.8. The van der Waals surface area contributed by atoms with Crippen LogP contribution in [-0.4, -0.2) is 25.9 Å². The first-order valence-corrected chi connectivity index (χ1v) is 8.45. The Bertz CT molecular complexity index is 941. The molecule has 1 fully saturated rings. The van der Waals surface area contributed by atoms with Crippen LogP contribution < -0.4 is 5.32 Å². The largest absolute Gasteiger partial charge is 0.319 e. The molecule has 0 amide bonds. The molecule has 0 bridgehead atoms. The minimum Gasteiger partial charge on any atom is -0.319 e. The summed E-state index contributed by atoms with van der Waals surface area (Å²) in [6.07, 6.45) is 5.05. The number of halogens is 4. The van der Waals surface area contributed by atoms with Gasteiger partial charge in [-0.05, 0) is 37.1 Å². The van der Waals surface area contributed by atoms with E-state index >= 15 is 0 Å². The van der Waals surface area contributed by atoms with Crippen LogP contribution in [0.25, 0.3) is 11.5 Å². The zero-order valence-electron chi connectivity index (χ0n) is 14.4. The number of nitrogens with zero attached hydrogens (tertiary/aromatic N) is 4. The molecule has 9 heteroatoms. The molecule has 27 heavy (non-hydrogen) atoms. The van der Waals surface area contributed by atoms with Gasteiger partial charge in [0.25, 0.3) is 0 Å². The van der Waals surface area contributed by atoms with Crippen molar-refractivity contribution in [1.29, 1.82) is 0 Å². The Balaban J connectivity index is 0.00000105. The summed E-state index contributed by atoms with van der Waals surface area (Å²) in [5, 5.41) is 7.97. The Morgan fingerprint density at radius 2 is 1.93 bits per heavy atom. The third-order valence-electron chi connectivity index (χ3n) is 5.15. The average molecular weight is 414 g/mol. The van der Waals surface area contributed by atoms with Crippen molar-refractivity contribution in [3.05, 3.63) is 59.6 Å². The van der Waals surface area contributed by atoms with Crippen LogP contribution in [0.4, 0.5) is 8.78 Å². The second kappa shape index (κ2) is 7.22. The number of aromatic nitrogens is 4. The second-order valence-corrected chi connectivity index (χ2v) is 6.70. The molecule has 3 heterocycles. The molecule has 1 saturated carbocycles. The number of fused-ring (bicyclic) bond motifs is 1. The van der Waals surface area contributed by atoms with Gasteiger partial charge in [0.1, 0.15) is 17.3 Å². The van der Waals surface area contributed by atoms with Crippen LogP contribution in [0.5, 0.6) is 0 Å². The monoisotopic (exact) mass is 413 g/mol. The van der Waals surface area contributed by atoms with Crippen molar-refractivity contribution in [3.8, 4) is 11.5 Å². The Kier molecular flexibility index (Phi) is 5.29. The van der Waals surface area contributed by atoms with Crippen molar-refractivity contribution in [1.82, 2.24) is 24.6 Å². The van der Waals surface area contributed by atoms with Crippen LogP contribution >= 0.6 is 24.8 Å². The van der Waals surface area contributed by atoms with Crippen molar-refractivity contribution in [2.45, 2.75) is 31.5 Å². The van der Waals surface area contributed by atoms with E-state index in [2.05, 4.69) is 15.4 Å². The van der Waals surface area contributed by atoms with Gasteiger partial charge in [-0.15, -0.1) is 24.8 Å². The van der Waals surface area contributed by atoms with E-state index in [9.17, 15) is 8.78 Å². The second-order valence-electron chi connectivity index (χ2n) is 6.70. The number of hydrogen-bond donors (Lipinski definition) is 1. The van der Waals surface area contributed by atoms with Crippen LogP contribution in [0.3, 0.4) is 0 Å². The Morgan fingerprint density at radius 3 is 2.67 bits per heavy atom. The first-order chi connectivity index (χ1) is 12.2. The zero-order chi connectivity index (χ0) is 17.0. The summed E-state index contributed by atoms with van der Waals surface area (Å²) >= 11 is 0. The molecule has 0 spiro atoms. The number of benzene rings is 1. The van der Waals surface area contributed by atoms with Gasteiger partial charge in [-0.1, -0.05) is 0 Å². The molecule has 3 aromatic rings. The van der Waals surface area contributed by atoms with Gasteiger partial charge in [-0.3, -0.25) is 4.68 Å². The van der Waals surface area contributed by atoms with Gasteiger partial charge in [0, 0.05) is 31.0 Å². The lowest BCUT2D eigenvalue weighted by Gasteiger charge is -2.20. The molecule has 0 radical (unpaired) electrons. The lowest BCUT2D eigenvalue weighted by Crippen LogP contribution is -2.28. The van der Waals surface area contributed by atoms with Gasteiger partial charge in [-0.2, -0.15) is 5.10 Å². The number of hydrogen-bond acceptors (Lipinski definition) is 3. The fourth-order valence-corrected chi connectivity index (χ4v) is 3.75. The van der Waals surface area contributed by atoms with E-state index < -0.39 is 11.4 Å². The number of imidazole rings is 1. The van der Waals surface area contributed by atoms with E-state index in [-0.39, 0.29) is 30.6 Å². The first kappa shape index (κ1) is 19.8. The molecule has 0 unspecified atom stereocenters. The van der Waals surface area contributed by atoms with Crippen molar-refractivity contribution >= 4 is 24.8 Å². The van der Waals surface area contributed by atoms with E-state index in [0.29, 0.717) is 11.4 Å². The van der Waals surface area contributed by atoms with Crippen LogP contribution in [0.2, 0.25) is 0 Å². The third kappa shape index (κ3) is 3.13. The summed E-state index contributed by atoms with van der Waals surface area (Å²) in [5.41, 5.74) is 1.70. The minimum absolute atomic E-state index is 0. The van der Waals surface area contributed by atoms with Crippen molar-refractivity contribution in [2.75, 3.05) is 6.54 Å². The van der Waals surface area contributed by atoms with Gasteiger partial charge in [0.05, 0.1) is 17.8 Å². The first-order valence-electron chi connectivity index (χ1n) is 8.45. The maximum absolute atomic E-state index is 14.4. The quantitative estimate of drug-likeness (QED) is 0.714. The Hall–Kier alpha value is -1.96. The van der Waals surface area contributed by atoms with Crippen LogP contribution in [0.1, 0.15) is 24.1 Å². The molecule has 2 aliphatic rings. The van der Waals surface area contributed by atoms with Gasteiger partial charge >= 0.3 is 0 Å². The van der Waals surface area contributed by atoms with Crippen LogP contribution in [-0.2, 0) is 18.6 Å². The molecule has 1 aliphatic carbocycles. The maximum Gasteiger partial charge on any atom is 0.161 e. The highest BCUT2D eigenvalue weighted by Crippen LogP contribution is 2.51. The summed E-state index contributed by atoms with van der Waals surface area (Å²) < 4.78 is 32.0. The Morgan fingerprint density at radius 1 is 1.11 bits per heavy atom. The standard InChI is InChI=1S/C18H17F2N5.2ClH/c19-12-1-2-15(20)14(9-12)18(3-4-18)24-7-6-22-17(24)16-10-13-11-21-5-8-25(13)23-16;;/h1-2,6-7,9-10,21H,3-5,8,11H2;2*1H. The van der Waals surface area contributed by atoms with Crippen molar-refractivity contribution in [3.63, 3.8) is 0 Å². The summed E-state index contributed by atoms with van der Waals surface area (Å²) in [6.45, 7) is 2.48. The van der Waals surface area contributed by atoms with E-state index in [4.69, 9.17) is 0 Å². The molecule has 1 aromatic carbocycles. The molecule has 0 atom stereocenters. The summed E-state index contributed by atoms with van der Waals surface area (Å²) in [5.74, 6) is -0.109.